The first kappa shape index (κ1) is 12.7. The van der Waals surface area contributed by atoms with E-state index in [0.717, 1.165) is 19.3 Å². The van der Waals surface area contributed by atoms with Gasteiger partial charge in [-0.1, -0.05) is 0 Å². The molecule has 100 valence electrons. The number of rotatable bonds is 1. The summed E-state index contributed by atoms with van der Waals surface area (Å²) >= 11 is 0. The van der Waals surface area contributed by atoms with Crippen molar-refractivity contribution >= 4 is 6.09 Å². The minimum Gasteiger partial charge on any atom is -0.444 e. The van der Waals surface area contributed by atoms with Crippen LogP contribution in [0.5, 0.6) is 0 Å². The lowest BCUT2D eigenvalue weighted by Crippen LogP contribution is -2.37. The molecule has 1 aromatic rings. The number of aromatic amines is 1. The maximum Gasteiger partial charge on any atom is 0.408 e. The van der Waals surface area contributed by atoms with Crippen molar-refractivity contribution in [1.29, 1.82) is 0 Å². The maximum atomic E-state index is 11.7. The Morgan fingerprint density at radius 3 is 2.89 bits per heavy atom. The summed E-state index contributed by atoms with van der Waals surface area (Å²) in [6.07, 6.45) is 1.80. The summed E-state index contributed by atoms with van der Waals surface area (Å²) in [5.41, 5.74) is -0.303. The first-order chi connectivity index (χ1) is 8.37. The summed E-state index contributed by atoms with van der Waals surface area (Å²) in [6, 6.07) is -0.328. The number of hydrogen-bond donors (Lipinski definition) is 2. The van der Waals surface area contributed by atoms with Crippen LogP contribution in [0.25, 0.3) is 0 Å². The third kappa shape index (κ3) is 2.75. The van der Waals surface area contributed by atoms with Crippen LogP contribution in [0.15, 0.2) is 9.32 Å². The monoisotopic (exact) mass is 254 g/mol. The number of ether oxygens (including phenoxy) is 1. The van der Waals surface area contributed by atoms with Crippen molar-refractivity contribution in [1.82, 2.24) is 10.5 Å². The number of H-pyrrole nitrogens is 1. The van der Waals surface area contributed by atoms with Crippen molar-refractivity contribution in [2.75, 3.05) is 0 Å². The fourth-order valence-electron chi connectivity index (χ4n) is 2.09. The van der Waals surface area contributed by atoms with Gasteiger partial charge in [-0.15, -0.1) is 0 Å². The SMILES string of the molecule is CC(C)(C)OC(=O)NC1CCCc2o[nH]c(=O)c21. The van der Waals surface area contributed by atoms with Gasteiger partial charge < -0.3 is 14.6 Å². The number of carbonyl (C=O) groups is 1. The van der Waals surface area contributed by atoms with Crippen molar-refractivity contribution < 1.29 is 14.1 Å². The summed E-state index contributed by atoms with van der Waals surface area (Å²) in [5, 5.41) is 5.03. The average molecular weight is 254 g/mol. The quantitative estimate of drug-likeness (QED) is 0.801. The Hall–Kier alpha value is -1.72. The standard InChI is InChI=1S/C12H18N2O4/c1-12(2,3)17-11(16)13-7-5-4-6-8-9(7)10(15)14-18-8/h7H,4-6H2,1-3H3,(H,13,16)(H,14,15). The van der Waals surface area contributed by atoms with Crippen molar-refractivity contribution in [3.05, 3.63) is 21.7 Å². The number of amides is 1. The Labute approximate surface area is 105 Å². The number of alkyl carbamates (subject to hydrolysis) is 1. The first-order valence-corrected chi connectivity index (χ1v) is 6.06. The molecule has 1 aliphatic rings. The largest absolute Gasteiger partial charge is 0.444 e. The molecular weight excluding hydrogens is 236 g/mol. The third-order valence-electron chi connectivity index (χ3n) is 2.75. The average Bonchev–Trinajstić information content (AvgIpc) is 2.58. The highest BCUT2D eigenvalue weighted by molar-refractivity contribution is 5.68. The second-order valence-electron chi connectivity index (χ2n) is 5.46. The number of nitrogens with one attached hydrogen (secondary N) is 2. The van der Waals surface area contributed by atoms with Gasteiger partial charge in [0.15, 0.2) is 0 Å². The fourth-order valence-corrected chi connectivity index (χ4v) is 2.09. The van der Waals surface area contributed by atoms with Crippen LogP contribution in [0.4, 0.5) is 4.79 Å². The Morgan fingerprint density at radius 1 is 1.50 bits per heavy atom. The van der Waals surface area contributed by atoms with Crippen molar-refractivity contribution in [2.45, 2.75) is 51.7 Å². The molecule has 0 saturated carbocycles. The Morgan fingerprint density at radius 2 is 2.22 bits per heavy atom. The highest BCUT2D eigenvalue weighted by atomic mass is 16.6. The molecule has 0 saturated heterocycles. The minimum atomic E-state index is -0.551. The Kier molecular flexibility index (Phi) is 3.19. The van der Waals surface area contributed by atoms with Gasteiger partial charge in [-0.2, -0.15) is 5.16 Å². The summed E-state index contributed by atoms with van der Waals surface area (Å²) in [7, 11) is 0. The second kappa shape index (κ2) is 4.51. The lowest BCUT2D eigenvalue weighted by atomic mass is 9.94. The van der Waals surface area contributed by atoms with E-state index >= 15 is 0 Å². The van der Waals surface area contributed by atoms with Gasteiger partial charge in [-0.3, -0.25) is 4.79 Å². The van der Waals surface area contributed by atoms with Gasteiger partial charge in [0.05, 0.1) is 11.6 Å². The lowest BCUT2D eigenvalue weighted by molar-refractivity contribution is 0.0498. The molecule has 18 heavy (non-hydrogen) atoms. The predicted molar refractivity (Wildman–Crippen MR) is 64.4 cm³/mol. The Balaban J connectivity index is 2.10. The number of fused-ring (bicyclic) bond motifs is 1. The van der Waals surface area contributed by atoms with Crippen LogP contribution in [0.2, 0.25) is 0 Å². The molecule has 0 bridgehead atoms. The van der Waals surface area contributed by atoms with E-state index in [-0.39, 0.29) is 11.6 Å². The minimum absolute atomic E-state index is 0.272. The summed E-state index contributed by atoms with van der Waals surface area (Å²) < 4.78 is 10.2. The predicted octanol–water partition coefficient (Wildman–Crippen LogP) is 1.87. The molecule has 0 radical (unpaired) electrons. The summed E-state index contributed by atoms with van der Waals surface area (Å²) in [4.78, 5) is 23.3. The smallest absolute Gasteiger partial charge is 0.408 e. The van der Waals surface area contributed by atoms with Crippen LogP contribution < -0.4 is 10.9 Å². The molecule has 6 nitrogen and oxygen atoms in total. The molecule has 1 unspecified atom stereocenters. The number of aromatic nitrogens is 1. The van der Waals surface area contributed by atoms with Crippen LogP contribution in [-0.2, 0) is 11.2 Å². The zero-order valence-corrected chi connectivity index (χ0v) is 10.8. The van der Waals surface area contributed by atoms with Gasteiger partial charge in [0.1, 0.15) is 11.4 Å². The molecule has 0 aromatic carbocycles. The second-order valence-corrected chi connectivity index (χ2v) is 5.46. The number of aryl methyl sites for hydroxylation is 1. The zero-order chi connectivity index (χ0) is 13.3. The van der Waals surface area contributed by atoms with Gasteiger partial charge in [0.25, 0.3) is 5.56 Å². The van der Waals surface area contributed by atoms with Gasteiger partial charge in [0, 0.05) is 6.42 Å². The van der Waals surface area contributed by atoms with E-state index in [1.165, 1.54) is 0 Å². The molecule has 6 heteroatoms. The highest BCUT2D eigenvalue weighted by Crippen LogP contribution is 2.27. The topological polar surface area (TPSA) is 84.3 Å². The molecule has 1 aromatic heterocycles. The highest BCUT2D eigenvalue weighted by Gasteiger charge is 2.29. The van der Waals surface area contributed by atoms with Crippen LogP contribution in [-0.4, -0.2) is 16.9 Å². The van der Waals surface area contributed by atoms with Crippen LogP contribution >= 0.6 is 0 Å². The number of carbonyl (C=O) groups excluding carboxylic acids is 1. The maximum absolute atomic E-state index is 11.7. The molecule has 0 aliphatic heterocycles. The Bertz CT molecular complexity index is 495. The molecule has 1 heterocycles. The first-order valence-electron chi connectivity index (χ1n) is 6.06. The van der Waals surface area contributed by atoms with E-state index in [0.29, 0.717) is 11.3 Å². The van der Waals surface area contributed by atoms with E-state index in [2.05, 4.69) is 10.5 Å². The fraction of sp³-hybridized carbons (Fsp3) is 0.667. The van der Waals surface area contributed by atoms with Gasteiger partial charge >= 0.3 is 6.09 Å². The summed E-state index contributed by atoms with van der Waals surface area (Å²) in [5.74, 6) is 0.632. The molecule has 1 amide bonds. The van der Waals surface area contributed by atoms with Crippen molar-refractivity contribution in [2.24, 2.45) is 0 Å². The molecule has 0 fully saturated rings. The lowest BCUT2D eigenvalue weighted by Gasteiger charge is -2.24. The van der Waals surface area contributed by atoms with E-state index < -0.39 is 11.7 Å². The molecule has 2 N–H and O–H groups in total. The van der Waals surface area contributed by atoms with Gasteiger partial charge in [-0.05, 0) is 33.6 Å². The van der Waals surface area contributed by atoms with E-state index in [4.69, 9.17) is 9.26 Å². The molecule has 0 spiro atoms. The molecule has 1 atom stereocenters. The van der Waals surface area contributed by atoms with Gasteiger partial charge in [-0.25, -0.2) is 4.79 Å². The molecule has 1 aliphatic carbocycles. The molecule has 2 rings (SSSR count). The van der Waals surface area contributed by atoms with Crippen molar-refractivity contribution in [3.8, 4) is 0 Å². The summed E-state index contributed by atoms with van der Waals surface area (Å²) in [6.45, 7) is 5.39. The number of hydrogen-bond acceptors (Lipinski definition) is 4. The van der Waals surface area contributed by atoms with Crippen LogP contribution in [0, 0.1) is 0 Å². The zero-order valence-electron chi connectivity index (χ0n) is 10.8. The van der Waals surface area contributed by atoms with E-state index in [1.807, 2.05) is 0 Å². The van der Waals surface area contributed by atoms with Gasteiger partial charge in [0.2, 0.25) is 0 Å². The third-order valence-corrected chi connectivity index (χ3v) is 2.75. The normalized spacial score (nSPS) is 19.2. The van der Waals surface area contributed by atoms with Crippen molar-refractivity contribution in [3.63, 3.8) is 0 Å². The van der Waals surface area contributed by atoms with Crippen LogP contribution in [0.1, 0.15) is 51.0 Å². The molecular formula is C12H18N2O4. The van der Waals surface area contributed by atoms with E-state index in [1.54, 1.807) is 20.8 Å². The van der Waals surface area contributed by atoms with E-state index in [9.17, 15) is 9.59 Å². The van der Waals surface area contributed by atoms with Crippen LogP contribution in [0.3, 0.4) is 0 Å².